The van der Waals surface area contributed by atoms with Gasteiger partial charge in [0.15, 0.2) is 6.54 Å². The Bertz CT molecular complexity index is 1020. The van der Waals surface area contributed by atoms with E-state index in [-0.39, 0.29) is 12.1 Å². The van der Waals surface area contributed by atoms with Gasteiger partial charge in [0.05, 0.1) is 12.8 Å². The molecule has 0 radical (unpaired) electrons. The van der Waals surface area contributed by atoms with Crippen LogP contribution in [0.15, 0.2) is 90.0 Å². The summed E-state index contributed by atoms with van der Waals surface area (Å²) in [6.45, 7) is 3.10. The first-order valence-electron chi connectivity index (χ1n) is 10.1. The highest BCUT2D eigenvalue weighted by molar-refractivity contribution is 5.99. The Morgan fingerprint density at radius 1 is 1.00 bits per heavy atom. The quantitative estimate of drug-likeness (QED) is 0.647. The number of ether oxygens (including phenoxy) is 1. The Labute approximate surface area is 177 Å². The first-order chi connectivity index (χ1) is 14.7. The minimum atomic E-state index is -0.192. The monoisotopic (exact) mass is 400 g/mol. The van der Waals surface area contributed by atoms with E-state index in [9.17, 15) is 4.79 Å². The van der Waals surface area contributed by atoms with Crippen molar-refractivity contribution >= 4 is 11.6 Å². The molecule has 0 saturated carbocycles. The second-order valence-electron chi connectivity index (χ2n) is 7.46. The van der Waals surface area contributed by atoms with Crippen LogP contribution < -0.4 is 9.64 Å². The molecule has 1 amide bonds. The van der Waals surface area contributed by atoms with E-state index in [1.54, 1.807) is 12.1 Å². The molecule has 0 bridgehead atoms. The van der Waals surface area contributed by atoms with Crippen molar-refractivity contribution in [2.45, 2.75) is 19.6 Å². The number of quaternary nitrogens is 1. The van der Waals surface area contributed by atoms with Gasteiger partial charge in [-0.05, 0) is 36.8 Å². The minimum Gasteiger partial charge on any atom is -0.497 e. The van der Waals surface area contributed by atoms with E-state index in [4.69, 9.17) is 9.84 Å². The normalized spacial score (nSPS) is 19.2. The number of hydrazone groups is 1. The van der Waals surface area contributed by atoms with Gasteiger partial charge in [0.2, 0.25) is 6.17 Å². The number of amides is 1. The van der Waals surface area contributed by atoms with Crippen LogP contribution in [-0.4, -0.2) is 30.3 Å². The van der Waals surface area contributed by atoms with Gasteiger partial charge in [-0.3, -0.25) is 9.69 Å². The molecule has 0 aliphatic carbocycles. The van der Waals surface area contributed by atoms with Crippen LogP contribution >= 0.6 is 0 Å². The Morgan fingerprint density at radius 3 is 2.27 bits per heavy atom. The van der Waals surface area contributed by atoms with Crippen LogP contribution in [0.25, 0.3) is 0 Å². The molecule has 5 heteroatoms. The number of hydrogen-bond donors (Lipinski definition) is 1. The second-order valence-corrected chi connectivity index (χ2v) is 7.46. The molecule has 1 saturated heterocycles. The van der Waals surface area contributed by atoms with Crippen molar-refractivity contribution in [1.29, 1.82) is 0 Å². The Kier molecular flexibility index (Phi) is 5.91. The molecule has 1 N–H and O–H groups in total. The highest BCUT2D eigenvalue weighted by Gasteiger charge is 2.43. The Morgan fingerprint density at radius 2 is 1.63 bits per heavy atom. The van der Waals surface area contributed by atoms with E-state index in [1.807, 2.05) is 79.7 Å². The van der Waals surface area contributed by atoms with E-state index in [0.29, 0.717) is 6.54 Å². The van der Waals surface area contributed by atoms with Crippen LogP contribution in [-0.2, 0) is 11.3 Å². The molecular formula is C25H26N3O2+. The van der Waals surface area contributed by atoms with Crippen molar-refractivity contribution in [3.8, 4) is 5.75 Å². The lowest BCUT2D eigenvalue weighted by atomic mass is 10.1. The zero-order chi connectivity index (χ0) is 20.9. The highest BCUT2D eigenvalue weighted by atomic mass is 16.5. The zero-order valence-corrected chi connectivity index (χ0v) is 17.3. The maximum atomic E-state index is 13.0. The lowest BCUT2D eigenvalue weighted by molar-refractivity contribution is -0.936. The summed E-state index contributed by atoms with van der Waals surface area (Å²) in [5.41, 5.74) is 4.07. The average Bonchev–Trinajstić information content (AvgIpc) is 3.09. The molecule has 1 aliphatic heterocycles. The van der Waals surface area contributed by atoms with E-state index in [0.717, 1.165) is 34.0 Å². The third kappa shape index (κ3) is 4.26. The first kappa shape index (κ1) is 19.9. The van der Waals surface area contributed by atoms with Crippen LogP contribution in [0.1, 0.15) is 29.8 Å². The van der Waals surface area contributed by atoms with E-state index in [1.165, 1.54) is 5.56 Å². The van der Waals surface area contributed by atoms with Crippen molar-refractivity contribution in [2.24, 2.45) is 5.10 Å². The third-order valence-corrected chi connectivity index (χ3v) is 5.42. The molecule has 2 atom stereocenters. The van der Waals surface area contributed by atoms with Crippen LogP contribution in [0.3, 0.4) is 0 Å². The Hall–Kier alpha value is -3.44. The predicted molar refractivity (Wildman–Crippen MR) is 117 cm³/mol. The number of nitrogens with zero attached hydrogens (tertiary/aromatic N) is 2. The zero-order valence-electron chi connectivity index (χ0n) is 17.3. The molecule has 3 aromatic carbocycles. The molecule has 0 aromatic heterocycles. The molecule has 1 aliphatic rings. The van der Waals surface area contributed by atoms with Gasteiger partial charge in [-0.25, -0.2) is 0 Å². The fourth-order valence-corrected chi connectivity index (χ4v) is 3.88. The summed E-state index contributed by atoms with van der Waals surface area (Å²) in [6, 6.07) is 28.1. The fourth-order valence-electron chi connectivity index (χ4n) is 3.88. The summed E-state index contributed by atoms with van der Waals surface area (Å²) in [5, 5.41) is 6.42. The van der Waals surface area contributed by atoms with Gasteiger partial charge in [0, 0.05) is 11.1 Å². The molecule has 152 valence electrons. The van der Waals surface area contributed by atoms with Crippen LogP contribution in [0.5, 0.6) is 5.75 Å². The molecule has 5 nitrogen and oxygen atoms in total. The molecule has 1 heterocycles. The van der Waals surface area contributed by atoms with Gasteiger partial charge in [0.1, 0.15) is 12.3 Å². The Balaban J connectivity index is 1.70. The number of methoxy groups -OCH3 is 1. The number of carbonyl (C=O) groups excluding carboxylic acids is 1. The van der Waals surface area contributed by atoms with E-state index in [2.05, 4.69) is 12.1 Å². The molecule has 1 unspecified atom stereocenters. The van der Waals surface area contributed by atoms with Crippen LogP contribution in [0, 0.1) is 0 Å². The van der Waals surface area contributed by atoms with Crippen molar-refractivity contribution in [3.05, 3.63) is 102 Å². The van der Waals surface area contributed by atoms with E-state index < -0.39 is 0 Å². The smallest absolute Gasteiger partial charge is 0.303 e. The van der Waals surface area contributed by atoms with Crippen molar-refractivity contribution in [1.82, 2.24) is 5.01 Å². The molecule has 3 aromatic rings. The SMILES string of the molecule is COc1ccc([C@H]2N(/N=C(/C)c3ccccc3)C(=O)C[NH+]2Cc2ccccc2)cc1. The summed E-state index contributed by atoms with van der Waals surface area (Å²) >= 11 is 0. The number of hydrogen-bond acceptors (Lipinski definition) is 3. The van der Waals surface area contributed by atoms with Crippen molar-refractivity contribution in [3.63, 3.8) is 0 Å². The molecule has 4 rings (SSSR count). The van der Waals surface area contributed by atoms with Crippen LogP contribution in [0.2, 0.25) is 0 Å². The largest absolute Gasteiger partial charge is 0.497 e. The summed E-state index contributed by atoms with van der Waals surface area (Å²) in [7, 11) is 1.65. The highest BCUT2D eigenvalue weighted by Crippen LogP contribution is 2.23. The minimum absolute atomic E-state index is 0.0250. The molecule has 0 spiro atoms. The van der Waals surface area contributed by atoms with Gasteiger partial charge < -0.3 is 4.74 Å². The van der Waals surface area contributed by atoms with Gasteiger partial charge >= 0.3 is 5.91 Å². The van der Waals surface area contributed by atoms with Gasteiger partial charge in [0.25, 0.3) is 0 Å². The molecular weight excluding hydrogens is 374 g/mol. The molecule has 30 heavy (non-hydrogen) atoms. The van der Waals surface area contributed by atoms with Crippen molar-refractivity contribution in [2.75, 3.05) is 13.7 Å². The second kappa shape index (κ2) is 8.93. The maximum Gasteiger partial charge on any atom is 0.303 e. The first-order valence-corrected chi connectivity index (χ1v) is 10.1. The van der Waals surface area contributed by atoms with Gasteiger partial charge in [-0.1, -0.05) is 60.7 Å². The third-order valence-electron chi connectivity index (χ3n) is 5.42. The topological polar surface area (TPSA) is 46.3 Å². The van der Waals surface area contributed by atoms with Gasteiger partial charge in [-0.15, -0.1) is 0 Å². The standard InChI is InChI=1S/C25H25N3O2/c1-19(21-11-7-4-8-12-21)26-28-24(29)18-27(17-20-9-5-3-6-10-20)25(28)22-13-15-23(30-2)16-14-22/h3-16,25H,17-18H2,1-2H3/p+1/b26-19-/t25-/m1/s1. The number of rotatable bonds is 6. The number of carbonyl (C=O) groups is 1. The van der Waals surface area contributed by atoms with Gasteiger partial charge in [-0.2, -0.15) is 10.1 Å². The van der Waals surface area contributed by atoms with Crippen molar-refractivity contribution < 1.29 is 14.4 Å². The maximum absolute atomic E-state index is 13.0. The lowest BCUT2D eigenvalue weighted by Gasteiger charge is -2.25. The molecule has 1 fully saturated rings. The number of nitrogens with one attached hydrogen (secondary N) is 1. The summed E-state index contributed by atoms with van der Waals surface area (Å²) in [5.74, 6) is 0.820. The average molecular weight is 401 g/mol. The number of benzene rings is 3. The summed E-state index contributed by atoms with van der Waals surface area (Å²) in [4.78, 5) is 14.2. The van der Waals surface area contributed by atoms with E-state index >= 15 is 0 Å². The summed E-state index contributed by atoms with van der Waals surface area (Å²) < 4.78 is 5.31. The fraction of sp³-hybridized carbons (Fsp3) is 0.200. The lowest BCUT2D eigenvalue weighted by Crippen LogP contribution is -3.09. The van der Waals surface area contributed by atoms with Crippen LogP contribution in [0.4, 0.5) is 0 Å². The summed E-state index contributed by atoms with van der Waals surface area (Å²) in [6.07, 6.45) is -0.192. The predicted octanol–water partition coefficient (Wildman–Crippen LogP) is 3.05.